The first-order valence-corrected chi connectivity index (χ1v) is 8.44. The predicted octanol–water partition coefficient (Wildman–Crippen LogP) is 1.48. The molecule has 8 heteroatoms. The van der Waals surface area contributed by atoms with Gasteiger partial charge in [0.05, 0.1) is 11.1 Å². The second-order valence-corrected chi connectivity index (χ2v) is 6.93. The van der Waals surface area contributed by atoms with E-state index in [1.54, 1.807) is 16.7 Å². The van der Waals surface area contributed by atoms with Crippen molar-refractivity contribution in [3.05, 3.63) is 10.6 Å². The number of aromatic nitrogens is 2. The Hall–Kier alpha value is -1.15. The Morgan fingerprint density at radius 1 is 1.45 bits per heavy atom. The fraction of sp³-hybridized carbons (Fsp3) is 0.667. The van der Waals surface area contributed by atoms with Gasteiger partial charge in [0, 0.05) is 5.75 Å². The van der Waals surface area contributed by atoms with Crippen molar-refractivity contribution >= 4 is 35.2 Å². The quantitative estimate of drug-likeness (QED) is 0.906. The molecule has 1 aromatic rings. The lowest BCUT2D eigenvalue weighted by Crippen LogP contribution is -2.46. The summed E-state index contributed by atoms with van der Waals surface area (Å²) in [5.41, 5.74) is 0.663. The first-order valence-electron chi connectivity index (χ1n) is 6.61. The number of hydrogen-bond acceptors (Lipinski definition) is 6. The van der Waals surface area contributed by atoms with E-state index in [4.69, 9.17) is 0 Å². The molecule has 2 heterocycles. The van der Waals surface area contributed by atoms with Crippen molar-refractivity contribution in [1.29, 1.82) is 0 Å². The van der Waals surface area contributed by atoms with E-state index in [0.717, 1.165) is 24.4 Å². The van der Waals surface area contributed by atoms with Crippen molar-refractivity contribution in [2.45, 2.75) is 37.6 Å². The summed E-state index contributed by atoms with van der Waals surface area (Å²) in [6, 6.07) is -0.732. The molecular weight excluding hydrogens is 298 g/mol. The maximum Gasteiger partial charge on any atom is 0.327 e. The molecule has 2 fully saturated rings. The molecule has 1 saturated heterocycles. The van der Waals surface area contributed by atoms with Crippen LogP contribution in [0.5, 0.6) is 0 Å². The number of aryl methyl sites for hydroxylation is 1. The van der Waals surface area contributed by atoms with E-state index in [1.807, 2.05) is 6.92 Å². The molecule has 0 bridgehead atoms. The van der Waals surface area contributed by atoms with Crippen LogP contribution in [-0.4, -0.2) is 48.6 Å². The van der Waals surface area contributed by atoms with Gasteiger partial charge >= 0.3 is 5.97 Å². The van der Waals surface area contributed by atoms with E-state index in [1.165, 1.54) is 0 Å². The Labute approximate surface area is 124 Å². The molecule has 3 rings (SSSR count). The Balaban J connectivity index is 1.91. The van der Waals surface area contributed by atoms with Gasteiger partial charge in [-0.3, -0.25) is 4.79 Å². The number of carbonyl (C=O) groups is 2. The fourth-order valence-electron chi connectivity index (χ4n) is 2.44. The Bertz CT molecular complexity index is 544. The smallest absolute Gasteiger partial charge is 0.327 e. The third kappa shape index (κ3) is 2.31. The highest BCUT2D eigenvalue weighted by atomic mass is 32.2. The second kappa shape index (κ2) is 5.33. The molecule has 1 saturated carbocycles. The van der Waals surface area contributed by atoms with Crippen LogP contribution in [0.4, 0.5) is 0 Å². The first kappa shape index (κ1) is 13.8. The number of aliphatic carboxylic acids is 1. The lowest BCUT2D eigenvalue weighted by Gasteiger charge is -2.26. The topological polar surface area (TPSA) is 83.4 Å². The van der Waals surface area contributed by atoms with Crippen LogP contribution in [0.3, 0.4) is 0 Å². The van der Waals surface area contributed by atoms with E-state index in [0.29, 0.717) is 28.7 Å². The van der Waals surface area contributed by atoms with Gasteiger partial charge < -0.3 is 10.0 Å². The van der Waals surface area contributed by atoms with Crippen molar-refractivity contribution in [3.8, 4) is 0 Å². The van der Waals surface area contributed by atoms with Gasteiger partial charge in [0.1, 0.15) is 10.9 Å². The SMILES string of the molecule is CCc1nnsc1C(=O)N1C(C(=O)O)CSC1C1CC1. The number of thioether (sulfide) groups is 1. The molecule has 108 valence electrons. The summed E-state index contributed by atoms with van der Waals surface area (Å²) >= 11 is 2.65. The first-order chi connectivity index (χ1) is 9.63. The Morgan fingerprint density at radius 2 is 2.20 bits per heavy atom. The van der Waals surface area contributed by atoms with Gasteiger partial charge in [-0.15, -0.1) is 16.9 Å². The molecule has 2 atom stereocenters. The minimum Gasteiger partial charge on any atom is -0.480 e. The predicted molar refractivity (Wildman–Crippen MR) is 75.9 cm³/mol. The summed E-state index contributed by atoms with van der Waals surface area (Å²) in [6.07, 6.45) is 2.79. The van der Waals surface area contributed by atoms with E-state index >= 15 is 0 Å². The molecule has 20 heavy (non-hydrogen) atoms. The van der Waals surface area contributed by atoms with Crippen LogP contribution in [0.25, 0.3) is 0 Å². The van der Waals surface area contributed by atoms with Gasteiger partial charge in [-0.05, 0) is 36.7 Å². The number of carboxylic acid groups (broad SMARTS) is 1. The van der Waals surface area contributed by atoms with Crippen LogP contribution in [0.15, 0.2) is 0 Å². The molecule has 1 aliphatic carbocycles. The molecule has 2 aliphatic rings. The van der Waals surface area contributed by atoms with Crippen molar-refractivity contribution in [2.75, 3.05) is 5.75 Å². The third-order valence-electron chi connectivity index (χ3n) is 3.66. The van der Waals surface area contributed by atoms with Crippen molar-refractivity contribution in [1.82, 2.24) is 14.5 Å². The zero-order valence-corrected chi connectivity index (χ0v) is 12.6. The third-order valence-corrected chi connectivity index (χ3v) is 5.88. The molecule has 6 nitrogen and oxygen atoms in total. The molecule has 0 radical (unpaired) electrons. The average molecular weight is 313 g/mol. The lowest BCUT2D eigenvalue weighted by molar-refractivity contribution is -0.141. The zero-order chi connectivity index (χ0) is 14.3. The number of rotatable bonds is 4. The summed E-state index contributed by atoms with van der Waals surface area (Å²) in [7, 11) is 0. The van der Waals surface area contributed by atoms with Crippen molar-refractivity contribution < 1.29 is 14.7 Å². The molecule has 2 unspecified atom stereocenters. The van der Waals surface area contributed by atoms with Gasteiger partial charge in [-0.2, -0.15) is 0 Å². The van der Waals surface area contributed by atoms with Crippen molar-refractivity contribution in [2.24, 2.45) is 5.92 Å². The van der Waals surface area contributed by atoms with Crippen LogP contribution < -0.4 is 0 Å². The largest absolute Gasteiger partial charge is 0.480 e. The average Bonchev–Trinajstić information content (AvgIpc) is 3.02. The summed E-state index contributed by atoms with van der Waals surface area (Å²) < 4.78 is 3.83. The summed E-state index contributed by atoms with van der Waals surface area (Å²) in [6.45, 7) is 1.92. The summed E-state index contributed by atoms with van der Waals surface area (Å²) in [4.78, 5) is 26.2. The highest BCUT2D eigenvalue weighted by Crippen LogP contribution is 2.46. The summed E-state index contributed by atoms with van der Waals surface area (Å²) in [5, 5.41) is 13.3. The molecule has 1 aromatic heterocycles. The Morgan fingerprint density at radius 3 is 2.80 bits per heavy atom. The van der Waals surface area contributed by atoms with Crippen LogP contribution in [0, 0.1) is 5.92 Å². The maximum atomic E-state index is 12.7. The zero-order valence-electron chi connectivity index (χ0n) is 11.0. The van der Waals surface area contributed by atoms with Gasteiger partial charge in [-0.25, -0.2) is 4.79 Å². The number of hydrogen-bond donors (Lipinski definition) is 1. The number of amides is 1. The second-order valence-electron chi connectivity index (χ2n) is 5.03. The van der Waals surface area contributed by atoms with Gasteiger partial charge in [0.15, 0.2) is 0 Å². The van der Waals surface area contributed by atoms with Crippen LogP contribution in [0.1, 0.15) is 35.1 Å². The molecule has 1 N–H and O–H groups in total. The molecule has 1 amide bonds. The lowest BCUT2D eigenvalue weighted by atomic mass is 10.2. The van der Waals surface area contributed by atoms with Gasteiger partial charge in [0.2, 0.25) is 0 Å². The number of nitrogens with zero attached hydrogens (tertiary/aromatic N) is 3. The van der Waals surface area contributed by atoms with Gasteiger partial charge in [-0.1, -0.05) is 11.4 Å². The minimum absolute atomic E-state index is 0.00425. The molecule has 1 aliphatic heterocycles. The molecule has 0 aromatic carbocycles. The standard InChI is InChI=1S/C12H15N3O3S2/c1-2-7-9(20-14-13-7)10(16)15-8(12(17)18)5-19-11(15)6-3-4-6/h6,8,11H,2-5H2,1H3,(H,17,18). The molecule has 0 spiro atoms. The highest BCUT2D eigenvalue weighted by Gasteiger charge is 2.48. The molecular formula is C12H15N3O3S2. The normalized spacial score (nSPS) is 25.9. The minimum atomic E-state index is -0.926. The van der Waals surface area contributed by atoms with E-state index in [9.17, 15) is 14.7 Å². The van der Waals surface area contributed by atoms with Crippen LogP contribution in [0.2, 0.25) is 0 Å². The Kier molecular flexibility index (Phi) is 3.68. The van der Waals surface area contributed by atoms with Crippen molar-refractivity contribution in [3.63, 3.8) is 0 Å². The monoisotopic (exact) mass is 313 g/mol. The van der Waals surface area contributed by atoms with Gasteiger partial charge in [0.25, 0.3) is 5.91 Å². The van der Waals surface area contributed by atoms with E-state index < -0.39 is 12.0 Å². The number of carboxylic acids is 1. The van der Waals surface area contributed by atoms with E-state index in [-0.39, 0.29) is 11.3 Å². The van der Waals surface area contributed by atoms with Crippen LogP contribution >= 0.6 is 23.3 Å². The highest BCUT2D eigenvalue weighted by molar-refractivity contribution is 8.00. The van der Waals surface area contributed by atoms with E-state index in [2.05, 4.69) is 9.59 Å². The fourth-order valence-corrected chi connectivity index (χ4v) is 4.76. The summed E-state index contributed by atoms with van der Waals surface area (Å²) in [5.74, 6) is -0.231. The number of carbonyl (C=O) groups excluding carboxylic acids is 1. The van der Waals surface area contributed by atoms with Crippen LogP contribution in [-0.2, 0) is 11.2 Å². The maximum absolute atomic E-state index is 12.7.